The van der Waals surface area contributed by atoms with Crippen molar-refractivity contribution in [2.24, 2.45) is 0 Å². The van der Waals surface area contributed by atoms with E-state index in [2.05, 4.69) is 14.7 Å². The highest BCUT2D eigenvalue weighted by molar-refractivity contribution is 7.92. The molecular weight excluding hydrogens is 394 g/mol. The molecule has 1 aromatic heterocycles. The summed E-state index contributed by atoms with van der Waals surface area (Å²) in [5.41, 5.74) is 1.96. The Morgan fingerprint density at radius 2 is 1.45 bits per heavy atom. The summed E-state index contributed by atoms with van der Waals surface area (Å²) >= 11 is 0. The van der Waals surface area contributed by atoms with Crippen molar-refractivity contribution in [3.05, 3.63) is 59.9 Å². The minimum absolute atomic E-state index is 0.0247. The molecule has 1 N–H and O–H groups in total. The zero-order chi connectivity index (χ0) is 21.0. The third-order valence-corrected chi connectivity index (χ3v) is 5.34. The van der Waals surface area contributed by atoms with Crippen molar-refractivity contribution in [3.8, 4) is 23.3 Å². The summed E-state index contributed by atoms with van der Waals surface area (Å²) in [6.45, 7) is 3.71. The summed E-state index contributed by atoms with van der Waals surface area (Å²) in [4.78, 5) is 8.41. The molecule has 3 rings (SSSR count). The van der Waals surface area contributed by atoms with Crippen molar-refractivity contribution in [1.82, 2.24) is 9.97 Å². The molecule has 0 bridgehead atoms. The summed E-state index contributed by atoms with van der Waals surface area (Å²) in [5, 5.41) is 0. The lowest BCUT2D eigenvalue weighted by Crippen LogP contribution is -2.14. The predicted octanol–water partition coefficient (Wildman–Crippen LogP) is 3.70. The van der Waals surface area contributed by atoms with Crippen LogP contribution in [0.15, 0.2) is 53.4 Å². The third-order valence-electron chi connectivity index (χ3n) is 3.94. The van der Waals surface area contributed by atoms with E-state index < -0.39 is 10.0 Å². The predicted molar refractivity (Wildman–Crippen MR) is 108 cm³/mol. The lowest BCUT2D eigenvalue weighted by atomic mass is 10.3. The summed E-state index contributed by atoms with van der Waals surface area (Å²) in [5.74, 6) is 1.10. The van der Waals surface area contributed by atoms with Gasteiger partial charge < -0.3 is 14.2 Å². The molecule has 0 atom stereocenters. The van der Waals surface area contributed by atoms with Gasteiger partial charge in [0.05, 0.1) is 14.2 Å². The SMILES string of the molecule is COc1ccc(OC)c(S(=O)(=O)Nc2ccc(Oc3nc(C)cc(C)n3)cc2)c1. The molecular formula is C20H21N3O5S. The number of methoxy groups -OCH3 is 2. The van der Waals surface area contributed by atoms with Gasteiger partial charge in [-0.3, -0.25) is 4.72 Å². The second-order valence-electron chi connectivity index (χ2n) is 6.18. The van der Waals surface area contributed by atoms with Gasteiger partial charge in [0.15, 0.2) is 0 Å². The zero-order valence-electron chi connectivity index (χ0n) is 16.5. The first-order chi connectivity index (χ1) is 13.8. The van der Waals surface area contributed by atoms with Gasteiger partial charge in [-0.05, 0) is 56.3 Å². The minimum Gasteiger partial charge on any atom is -0.497 e. The van der Waals surface area contributed by atoms with Gasteiger partial charge in [0.2, 0.25) is 0 Å². The average Bonchev–Trinajstić information content (AvgIpc) is 2.68. The second kappa shape index (κ2) is 8.36. The zero-order valence-corrected chi connectivity index (χ0v) is 17.3. The maximum atomic E-state index is 12.8. The number of rotatable bonds is 7. The fourth-order valence-corrected chi connectivity index (χ4v) is 3.88. The van der Waals surface area contributed by atoms with E-state index in [0.717, 1.165) is 11.4 Å². The molecule has 1 heterocycles. The summed E-state index contributed by atoms with van der Waals surface area (Å²) in [6, 6.07) is 13.1. The van der Waals surface area contributed by atoms with E-state index in [9.17, 15) is 8.42 Å². The van der Waals surface area contributed by atoms with Crippen molar-refractivity contribution < 1.29 is 22.6 Å². The van der Waals surface area contributed by atoms with E-state index in [1.165, 1.54) is 26.4 Å². The smallest absolute Gasteiger partial charge is 0.322 e. The van der Waals surface area contributed by atoms with Gasteiger partial charge in [0.25, 0.3) is 10.0 Å². The molecule has 0 fully saturated rings. The first-order valence-electron chi connectivity index (χ1n) is 8.66. The molecule has 9 heteroatoms. The van der Waals surface area contributed by atoms with Crippen LogP contribution in [-0.4, -0.2) is 32.6 Å². The average molecular weight is 415 g/mol. The number of nitrogens with one attached hydrogen (secondary N) is 1. The van der Waals surface area contributed by atoms with Gasteiger partial charge in [-0.2, -0.15) is 0 Å². The maximum Gasteiger partial charge on any atom is 0.322 e. The van der Waals surface area contributed by atoms with E-state index in [1.807, 2.05) is 19.9 Å². The van der Waals surface area contributed by atoms with Gasteiger partial charge in [-0.25, -0.2) is 18.4 Å². The Morgan fingerprint density at radius 1 is 0.828 bits per heavy atom. The van der Waals surface area contributed by atoms with Crippen molar-refractivity contribution >= 4 is 15.7 Å². The Balaban J connectivity index is 1.80. The molecule has 0 aliphatic heterocycles. The molecule has 8 nitrogen and oxygen atoms in total. The first-order valence-corrected chi connectivity index (χ1v) is 10.1. The topological polar surface area (TPSA) is 99.6 Å². The molecule has 0 amide bonds. The van der Waals surface area contributed by atoms with Crippen molar-refractivity contribution in [3.63, 3.8) is 0 Å². The largest absolute Gasteiger partial charge is 0.497 e. The quantitative estimate of drug-likeness (QED) is 0.628. The Hall–Kier alpha value is -3.33. The van der Waals surface area contributed by atoms with E-state index >= 15 is 0 Å². The van der Waals surface area contributed by atoms with Crippen LogP contribution in [0.4, 0.5) is 5.69 Å². The maximum absolute atomic E-state index is 12.8. The molecule has 0 saturated carbocycles. The van der Waals surface area contributed by atoms with Gasteiger partial charge in [0, 0.05) is 23.1 Å². The van der Waals surface area contributed by atoms with Crippen LogP contribution in [0.1, 0.15) is 11.4 Å². The van der Waals surface area contributed by atoms with Crippen LogP contribution in [0, 0.1) is 13.8 Å². The summed E-state index contributed by atoms with van der Waals surface area (Å²) < 4.78 is 44.0. The Labute approximate surface area is 169 Å². The van der Waals surface area contributed by atoms with Crippen LogP contribution in [-0.2, 0) is 10.0 Å². The van der Waals surface area contributed by atoms with Gasteiger partial charge in [0.1, 0.15) is 22.1 Å². The van der Waals surface area contributed by atoms with Gasteiger partial charge >= 0.3 is 6.01 Å². The molecule has 29 heavy (non-hydrogen) atoms. The number of anilines is 1. The van der Waals surface area contributed by atoms with E-state index in [1.54, 1.807) is 30.3 Å². The van der Waals surface area contributed by atoms with Crippen molar-refractivity contribution in [1.29, 1.82) is 0 Å². The number of benzene rings is 2. The Bertz CT molecular complexity index is 1100. The van der Waals surface area contributed by atoms with Crippen molar-refractivity contribution in [2.45, 2.75) is 18.7 Å². The molecule has 0 radical (unpaired) electrons. The molecule has 0 unspecified atom stereocenters. The molecule has 0 aliphatic carbocycles. The van der Waals surface area contributed by atoms with Gasteiger partial charge in [-0.15, -0.1) is 0 Å². The van der Waals surface area contributed by atoms with Crippen LogP contribution in [0.3, 0.4) is 0 Å². The highest BCUT2D eigenvalue weighted by Gasteiger charge is 2.21. The number of aromatic nitrogens is 2. The van der Waals surface area contributed by atoms with E-state index in [-0.39, 0.29) is 16.7 Å². The fourth-order valence-electron chi connectivity index (χ4n) is 2.64. The van der Waals surface area contributed by atoms with Crippen LogP contribution < -0.4 is 18.9 Å². The number of hydrogen-bond acceptors (Lipinski definition) is 7. The molecule has 0 spiro atoms. The number of sulfonamides is 1. The standard InChI is InChI=1S/C20H21N3O5S/c1-13-11-14(2)22-20(21-13)28-16-7-5-15(6-8-16)23-29(24,25)19-12-17(26-3)9-10-18(19)27-4/h5-12,23H,1-4H3. The fraction of sp³-hybridized carbons (Fsp3) is 0.200. The molecule has 3 aromatic rings. The summed E-state index contributed by atoms with van der Waals surface area (Å²) in [7, 11) is -1.03. The normalized spacial score (nSPS) is 11.0. The minimum atomic E-state index is -3.89. The van der Waals surface area contributed by atoms with E-state index in [4.69, 9.17) is 14.2 Å². The molecule has 0 saturated heterocycles. The molecule has 152 valence electrons. The first kappa shape index (κ1) is 20.4. The van der Waals surface area contributed by atoms with Crippen molar-refractivity contribution in [2.75, 3.05) is 18.9 Å². The monoisotopic (exact) mass is 415 g/mol. The summed E-state index contributed by atoms with van der Waals surface area (Å²) in [6.07, 6.45) is 0. The highest BCUT2D eigenvalue weighted by Crippen LogP contribution is 2.30. The Morgan fingerprint density at radius 3 is 2.03 bits per heavy atom. The van der Waals surface area contributed by atoms with Crippen LogP contribution in [0.2, 0.25) is 0 Å². The molecule has 2 aromatic carbocycles. The number of nitrogens with zero attached hydrogens (tertiary/aromatic N) is 2. The molecule has 0 aliphatic rings. The second-order valence-corrected chi connectivity index (χ2v) is 7.83. The number of hydrogen-bond donors (Lipinski definition) is 1. The number of ether oxygens (including phenoxy) is 3. The Kier molecular flexibility index (Phi) is 5.88. The van der Waals surface area contributed by atoms with Crippen LogP contribution in [0.25, 0.3) is 0 Å². The lowest BCUT2D eigenvalue weighted by molar-refractivity contribution is 0.392. The van der Waals surface area contributed by atoms with Crippen LogP contribution in [0.5, 0.6) is 23.3 Å². The third kappa shape index (κ3) is 4.94. The lowest BCUT2D eigenvalue weighted by Gasteiger charge is -2.13. The van der Waals surface area contributed by atoms with Gasteiger partial charge in [-0.1, -0.05) is 0 Å². The highest BCUT2D eigenvalue weighted by atomic mass is 32.2. The number of aryl methyl sites for hydroxylation is 2. The van der Waals surface area contributed by atoms with Crippen LogP contribution >= 0.6 is 0 Å². The van der Waals surface area contributed by atoms with E-state index in [0.29, 0.717) is 17.2 Å².